The van der Waals surface area contributed by atoms with Crippen LogP contribution < -0.4 is 4.90 Å². The number of amides is 2. The summed E-state index contributed by atoms with van der Waals surface area (Å²) in [6.45, 7) is 0. The Morgan fingerprint density at radius 1 is 1.22 bits per heavy atom. The van der Waals surface area contributed by atoms with Gasteiger partial charge in [0.1, 0.15) is 12.2 Å². The van der Waals surface area contributed by atoms with Crippen molar-refractivity contribution >= 4 is 45.0 Å². The molecule has 2 atom stereocenters. The number of carbonyl (C=O) groups is 2. The quantitative estimate of drug-likeness (QED) is 0.743. The maximum atomic E-state index is 12.2. The van der Waals surface area contributed by atoms with E-state index >= 15 is 0 Å². The first-order valence-corrected chi connectivity index (χ1v) is 6.73. The molecule has 1 aromatic carbocycles. The molecule has 6 heteroatoms. The highest BCUT2D eigenvalue weighted by atomic mass is 79.9. The molecule has 2 saturated heterocycles. The lowest BCUT2D eigenvalue weighted by molar-refractivity contribution is -0.146. The Labute approximate surface area is 117 Å². The number of nitrogens with zero attached hydrogens (tertiary/aromatic N) is 1. The van der Waals surface area contributed by atoms with Gasteiger partial charge in [0.15, 0.2) is 0 Å². The number of rotatable bonds is 1. The summed E-state index contributed by atoms with van der Waals surface area (Å²) in [6, 6.07) is 4.97. The van der Waals surface area contributed by atoms with E-state index in [1.165, 1.54) is 4.90 Å². The first kappa shape index (κ1) is 12.1. The van der Waals surface area contributed by atoms with Gasteiger partial charge >= 0.3 is 0 Å². The summed E-state index contributed by atoms with van der Waals surface area (Å²) in [5.41, 5.74) is 0.523. The fourth-order valence-corrected chi connectivity index (χ4v) is 3.16. The minimum atomic E-state index is -0.490. The minimum Gasteiger partial charge on any atom is -0.355 e. The van der Waals surface area contributed by atoms with Gasteiger partial charge in [-0.1, -0.05) is 11.6 Å². The lowest BCUT2D eigenvalue weighted by atomic mass is 10.2. The molecule has 2 aliphatic heterocycles. The van der Waals surface area contributed by atoms with Crippen molar-refractivity contribution in [1.82, 2.24) is 0 Å². The smallest absolute Gasteiger partial charge is 0.263 e. The van der Waals surface area contributed by atoms with Crippen molar-refractivity contribution in [2.24, 2.45) is 0 Å². The van der Waals surface area contributed by atoms with Crippen molar-refractivity contribution in [2.45, 2.75) is 25.0 Å². The van der Waals surface area contributed by atoms with Crippen molar-refractivity contribution in [3.05, 3.63) is 27.7 Å². The molecule has 0 aliphatic carbocycles. The summed E-state index contributed by atoms with van der Waals surface area (Å²) in [7, 11) is 0. The molecular formula is C12H9BrClNO3. The highest BCUT2D eigenvalue weighted by Crippen LogP contribution is 2.36. The number of anilines is 1. The molecule has 2 aliphatic rings. The highest BCUT2D eigenvalue weighted by Gasteiger charge is 2.47. The molecular weight excluding hydrogens is 321 g/mol. The number of ether oxygens (including phenoxy) is 1. The van der Waals surface area contributed by atoms with Crippen molar-refractivity contribution in [3.63, 3.8) is 0 Å². The number of carbonyl (C=O) groups excluding carboxylic acids is 2. The standard InChI is InChI=1S/C12H9BrClNO3/c13-7-5-6(14)1-2-8(7)15-11(16)9-3-4-10(18-9)12(15)17/h1-2,5,9-10H,3-4H2. The molecule has 0 saturated carbocycles. The third-order valence-electron chi connectivity index (χ3n) is 3.16. The maximum absolute atomic E-state index is 12.2. The lowest BCUT2D eigenvalue weighted by Gasteiger charge is -2.30. The van der Waals surface area contributed by atoms with Gasteiger partial charge in [-0.15, -0.1) is 0 Å². The molecule has 4 nitrogen and oxygen atoms in total. The van der Waals surface area contributed by atoms with Gasteiger partial charge in [0.25, 0.3) is 11.8 Å². The van der Waals surface area contributed by atoms with Crippen molar-refractivity contribution in [2.75, 3.05) is 4.90 Å². The average Bonchev–Trinajstić information content (AvgIpc) is 2.76. The van der Waals surface area contributed by atoms with Crippen molar-refractivity contribution in [3.8, 4) is 0 Å². The van der Waals surface area contributed by atoms with Crippen LogP contribution in [0.2, 0.25) is 5.02 Å². The first-order chi connectivity index (χ1) is 8.58. The molecule has 2 bridgehead atoms. The minimum absolute atomic E-state index is 0.295. The summed E-state index contributed by atoms with van der Waals surface area (Å²) < 4.78 is 5.98. The zero-order valence-corrected chi connectivity index (χ0v) is 11.6. The van der Waals surface area contributed by atoms with Gasteiger partial charge in [0, 0.05) is 9.50 Å². The van der Waals surface area contributed by atoms with Gasteiger partial charge in [-0.05, 0) is 47.0 Å². The number of imide groups is 1. The van der Waals surface area contributed by atoms with Crippen molar-refractivity contribution < 1.29 is 14.3 Å². The first-order valence-electron chi connectivity index (χ1n) is 5.56. The van der Waals surface area contributed by atoms with Crippen LogP contribution in [-0.4, -0.2) is 24.0 Å². The molecule has 0 spiro atoms. The Hall–Kier alpha value is -0.910. The van der Waals surface area contributed by atoms with E-state index < -0.39 is 12.2 Å². The van der Waals surface area contributed by atoms with Gasteiger partial charge in [-0.2, -0.15) is 0 Å². The van der Waals surface area contributed by atoms with E-state index in [4.69, 9.17) is 16.3 Å². The average molecular weight is 331 g/mol. The van der Waals surface area contributed by atoms with Crippen LogP contribution in [0.4, 0.5) is 5.69 Å². The number of morpholine rings is 1. The van der Waals surface area contributed by atoms with Crippen LogP contribution in [-0.2, 0) is 14.3 Å². The third kappa shape index (κ3) is 1.77. The monoisotopic (exact) mass is 329 g/mol. The number of hydrogen-bond acceptors (Lipinski definition) is 3. The molecule has 2 amide bonds. The normalized spacial score (nSPS) is 26.9. The number of halogens is 2. The zero-order valence-electron chi connectivity index (χ0n) is 9.23. The van der Waals surface area contributed by atoms with E-state index in [1.54, 1.807) is 18.2 Å². The van der Waals surface area contributed by atoms with E-state index in [0.717, 1.165) is 0 Å². The number of hydrogen-bond donors (Lipinski definition) is 0. The maximum Gasteiger partial charge on any atom is 0.263 e. The fraction of sp³-hybridized carbons (Fsp3) is 0.333. The zero-order chi connectivity index (χ0) is 12.9. The van der Waals surface area contributed by atoms with Crippen molar-refractivity contribution in [1.29, 1.82) is 0 Å². The van der Waals surface area contributed by atoms with Gasteiger partial charge in [-0.25, -0.2) is 4.90 Å². The second-order valence-electron chi connectivity index (χ2n) is 4.30. The Morgan fingerprint density at radius 2 is 1.83 bits per heavy atom. The predicted molar refractivity (Wildman–Crippen MR) is 69.5 cm³/mol. The predicted octanol–water partition coefficient (Wildman–Crippen LogP) is 2.52. The SMILES string of the molecule is O=C1C2CCC(O2)C(=O)N1c1ccc(Cl)cc1Br. The molecule has 3 rings (SSSR count). The van der Waals surface area contributed by atoms with Crippen LogP contribution in [0.5, 0.6) is 0 Å². The number of benzene rings is 1. The highest BCUT2D eigenvalue weighted by molar-refractivity contribution is 9.10. The van der Waals surface area contributed by atoms with Crippen LogP contribution in [0.15, 0.2) is 22.7 Å². The summed E-state index contributed by atoms with van der Waals surface area (Å²) >= 11 is 9.18. The Bertz CT molecular complexity index is 526. The topological polar surface area (TPSA) is 46.6 Å². The van der Waals surface area contributed by atoms with Crippen LogP contribution in [0.1, 0.15) is 12.8 Å². The Morgan fingerprint density at radius 3 is 2.39 bits per heavy atom. The van der Waals surface area contributed by atoms with E-state index in [9.17, 15) is 9.59 Å². The Kier molecular flexibility index (Phi) is 2.92. The molecule has 18 heavy (non-hydrogen) atoms. The summed E-state index contributed by atoms with van der Waals surface area (Å²) in [5, 5.41) is 0.543. The fourth-order valence-electron chi connectivity index (χ4n) is 2.30. The third-order valence-corrected chi connectivity index (χ3v) is 4.03. The van der Waals surface area contributed by atoms with E-state index in [1.807, 2.05) is 0 Å². The van der Waals surface area contributed by atoms with E-state index in [-0.39, 0.29) is 11.8 Å². The van der Waals surface area contributed by atoms with Gasteiger partial charge in [0.2, 0.25) is 0 Å². The Balaban J connectivity index is 2.05. The van der Waals surface area contributed by atoms with Gasteiger partial charge in [0.05, 0.1) is 5.69 Å². The van der Waals surface area contributed by atoms with Crippen LogP contribution in [0.3, 0.4) is 0 Å². The molecule has 2 heterocycles. The van der Waals surface area contributed by atoms with E-state index in [2.05, 4.69) is 15.9 Å². The summed E-state index contributed by atoms with van der Waals surface area (Å²) in [4.78, 5) is 25.5. The summed E-state index contributed by atoms with van der Waals surface area (Å²) in [5.74, 6) is -0.589. The van der Waals surface area contributed by atoms with Crippen LogP contribution >= 0.6 is 27.5 Å². The molecule has 0 N–H and O–H groups in total. The molecule has 2 fully saturated rings. The van der Waals surface area contributed by atoms with Gasteiger partial charge in [-0.3, -0.25) is 9.59 Å². The van der Waals surface area contributed by atoms with E-state index in [0.29, 0.717) is 28.0 Å². The molecule has 94 valence electrons. The van der Waals surface area contributed by atoms with Crippen LogP contribution in [0, 0.1) is 0 Å². The van der Waals surface area contributed by atoms with Gasteiger partial charge < -0.3 is 4.74 Å². The van der Waals surface area contributed by atoms with Crippen LogP contribution in [0.25, 0.3) is 0 Å². The molecule has 0 aromatic heterocycles. The number of fused-ring (bicyclic) bond motifs is 2. The second-order valence-corrected chi connectivity index (χ2v) is 5.59. The largest absolute Gasteiger partial charge is 0.355 e. The lowest BCUT2D eigenvalue weighted by Crippen LogP contribution is -2.52. The molecule has 0 radical (unpaired) electrons. The molecule has 1 aromatic rings. The summed E-state index contributed by atoms with van der Waals surface area (Å²) in [6.07, 6.45) is 0.235. The molecule has 2 unspecified atom stereocenters. The second kappa shape index (κ2) is 4.33.